The van der Waals surface area contributed by atoms with E-state index in [0.717, 1.165) is 11.3 Å². The SMILES string of the molecule is O=C(Nc1scc(-c2ccc(Cl)cc2)c1C(=O)O)c1ccc2ncoc2c1. The first-order chi connectivity index (χ1) is 13.0. The van der Waals surface area contributed by atoms with Crippen LogP contribution in [0.15, 0.2) is 58.7 Å². The Hall–Kier alpha value is -3.16. The number of rotatable bonds is 4. The Bertz CT molecular complexity index is 1160. The van der Waals surface area contributed by atoms with Crippen molar-refractivity contribution in [2.45, 2.75) is 0 Å². The summed E-state index contributed by atoms with van der Waals surface area (Å²) >= 11 is 7.04. The maximum Gasteiger partial charge on any atom is 0.339 e. The number of anilines is 1. The average molecular weight is 399 g/mol. The van der Waals surface area contributed by atoms with E-state index in [1.165, 1.54) is 6.39 Å². The number of thiophene rings is 1. The standard InChI is InChI=1S/C19H11ClN2O4S/c20-12-4-1-10(2-5-12)13-8-27-18(16(13)19(24)25)22-17(23)11-3-6-14-15(7-11)26-9-21-14/h1-9H,(H,22,23)(H,24,25). The molecule has 0 aliphatic heterocycles. The van der Waals surface area contributed by atoms with Crippen molar-refractivity contribution >= 4 is 50.9 Å². The predicted octanol–water partition coefficient (Wildman–Crippen LogP) is 5.16. The number of carboxylic acids is 1. The number of carboxylic acid groups (broad SMARTS) is 1. The van der Waals surface area contributed by atoms with Crippen LogP contribution >= 0.6 is 22.9 Å². The van der Waals surface area contributed by atoms with Crippen LogP contribution in [0.1, 0.15) is 20.7 Å². The summed E-state index contributed by atoms with van der Waals surface area (Å²) in [5.74, 6) is -1.55. The van der Waals surface area contributed by atoms with E-state index >= 15 is 0 Å². The van der Waals surface area contributed by atoms with Crippen molar-refractivity contribution in [1.82, 2.24) is 4.98 Å². The van der Waals surface area contributed by atoms with Crippen LogP contribution in [-0.2, 0) is 0 Å². The fraction of sp³-hybridized carbons (Fsp3) is 0. The number of nitrogens with one attached hydrogen (secondary N) is 1. The van der Waals surface area contributed by atoms with Crippen molar-refractivity contribution in [3.63, 3.8) is 0 Å². The summed E-state index contributed by atoms with van der Waals surface area (Å²) in [7, 11) is 0. The molecule has 2 N–H and O–H groups in total. The number of hydrogen-bond acceptors (Lipinski definition) is 5. The van der Waals surface area contributed by atoms with E-state index in [4.69, 9.17) is 16.0 Å². The number of hydrogen-bond donors (Lipinski definition) is 2. The van der Waals surface area contributed by atoms with Gasteiger partial charge in [0.2, 0.25) is 0 Å². The highest BCUT2D eigenvalue weighted by atomic mass is 35.5. The van der Waals surface area contributed by atoms with Gasteiger partial charge in [0.05, 0.1) is 0 Å². The van der Waals surface area contributed by atoms with Gasteiger partial charge < -0.3 is 14.8 Å². The molecule has 2 aromatic carbocycles. The van der Waals surface area contributed by atoms with Crippen molar-refractivity contribution < 1.29 is 19.1 Å². The number of aromatic carboxylic acids is 1. The molecule has 0 spiro atoms. The predicted molar refractivity (Wildman–Crippen MR) is 104 cm³/mol. The average Bonchev–Trinajstić information content (AvgIpc) is 3.28. The summed E-state index contributed by atoms with van der Waals surface area (Å²) in [6.07, 6.45) is 1.30. The molecule has 0 saturated carbocycles. The highest BCUT2D eigenvalue weighted by Gasteiger charge is 2.21. The molecule has 0 aliphatic rings. The number of nitrogens with zero attached hydrogens (tertiary/aromatic N) is 1. The Labute approximate surface area is 162 Å². The first-order valence-electron chi connectivity index (χ1n) is 7.78. The van der Waals surface area contributed by atoms with Crippen LogP contribution in [0.4, 0.5) is 5.00 Å². The maximum atomic E-state index is 12.6. The number of fused-ring (bicyclic) bond motifs is 1. The largest absolute Gasteiger partial charge is 0.478 e. The van der Waals surface area contributed by atoms with Gasteiger partial charge in [0.25, 0.3) is 5.91 Å². The lowest BCUT2D eigenvalue weighted by Crippen LogP contribution is -2.13. The molecule has 0 unspecified atom stereocenters. The summed E-state index contributed by atoms with van der Waals surface area (Å²) in [4.78, 5) is 28.4. The highest BCUT2D eigenvalue weighted by molar-refractivity contribution is 7.15. The molecule has 8 heteroatoms. The van der Waals surface area contributed by atoms with Gasteiger partial charge in [-0.15, -0.1) is 11.3 Å². The van der Waals surface area contributed by atoms with Crippen LogP contribution in [0.2, 0.25) is 5.02 Å². The van der Waals surface area contributed by atoms with Crippen LogP contribution in [0.3, 0.4) is 0 Å². The molecule has 4 rings (SSSR count). The van der Waals surface area contributed by atoms with Gasteiger partial charge in [0.1, 0.15) is 16.1 Å². The van der Waals surface area contributed by atoms with Crippen molar-refractivity contribution in [1.29, 1.82) is 0 Å². The first kappa shape index (κ1) is 17.3. The second kappa shape index (κ2) is 6.86. The lowest BCUT2D eigenvalue weighted by Gasteiger charge is -2.06. The molecule has 0 fully saturated rings. The van der Waals surface area contributed by atoms with Crippen LogP contribution in [0, 0.1) is 0 Å². The van der Waals surface area contributed by atoms with Crippen molar-refractivity contribution in [2.75, 3.05) is 5.32 Å². The first-order valence-corrected chi connectivity index (χ1v) is 9.04. The molecule has 0 aliphatic carbocycles. The van der Waals surface area contributed by atoms with E-state index < -0.39 is 11.9 Å². The molecular formula is C19H11ClN2O4S. The maximum absolute atomic E-state index is 12.6. The Morgan fingerprint density at radius 1 is 1.15 bits per heavy atom. The summed E-state index contributed by atoms with van der Waals surface area (Å²) in [5, 5.41) is 14.8. The third-order valence-corrected chi connectivity index (χ3v) is 5.13. The Morgan fingerprint density at radius 2 is 1.93 bits per heavy atom. The monoisotopic (exact) mass is 398 g/mol. The van der Waals surface area contributed by atoms with E-state index in [1.807, 2.05) is 0 Å². The van der Waals surface area contributed by atoms with Crippen LogP contribution in [0.25, 0.3) is 22.2 Å². The normalized spacial score (nSPS) is 10.9. The topological polar surface area (TPSA) is 92.4 Å². The van der Waals surface area contributed by atoms with Crippen LogP contribution in [-0.4, -0.2) is 22.0 Å². The molecule has 6 nitrogen and oxygen atoms in total. The van der Waals surface area contributed by atoms with E-state index in [1.54, 1.807) is 47.8 Å². The van der Waals surface area contributed by atoms with Crippen LogP contribution < -0.4 is 5.32 Å². The Balaban J connectivity index is 1.68. The zero-order chi connectivity index (χ0) is 19.0. The molecule has 0 bridgehead atoms. The van der Waals surface area contributed by atoms with E-state index in [0.29, 0.717) is 32.8 Å². The molecule has 4 aromatic rings. The quantitative estimate of drug-likeness (QED) is 0.495. The second-order valence-corrected chi connectivity index (χ2v) is 6.97. The molecule has 0 radical (unpaired) electrons. The van der Waals surface area contributed by atoms with Gasteiger partial charge in [-0.25, -0.2) is 9.78 Å². The van der Waals surface area contributed by atoms with Gasteiger partial charge in [-0.2, -0.15) is 0 Å². The molecule has 2 aromatic heterocycles. The summed E-state index contributed by atoms with van der Waals surface area (Å²) in [6.45, 7) is 0. The van der Waals surface area contributed by atoms with Crippen LogP contribution in [0.5, 0.6) is 0 Å². The van der Waals surface area contributed by atoms with Gasteiger partial charge in [-0.1, -0.05) is 23.7 Å². The number of oxazole rings is 1. The zero-order valence-electron chi connectivity index (χ0n) is 13.6. The third kappa shape index (κ3) is 3.30. The fourth-order valence-electron chi connectivity index (χ4n) is 2.68. The molecule has 134 valence electrons. The molecule has 1 amide bonds. The second-order valence-electron chi connectivity index (χ2n) is 5.65. The smallest absolute Gasteiger partial charge is 0.339 e. The van der Waals surface area contributed by atoms with Crippen molar-refractivity contribution in [3.8, 4) is 11.1 Å². The Kier molecular flexibility index (Phi) is 4.39. The minimum absolute atomic E-state index is 0.0383. The minimum Gasteiger partial charge on any atom is -0.478 e. The van der Waals surface area contributed by atoms with E-state index in [9.17, 15) is 14.7 Å². The van der Waals surface area contributed by atoms with Crippen molar-refractivity contribution in [3.05, 3.63) is 70.4 Å². The molecule has 0 atom stereocenters. The fourth-order valence-corrected chi connectivity index (χ4v) is 3.76. The van der Waals surface area contributed by atoms with Crippen molar-refractivity contribution in [2.24, 2.45) is 0 Å². The molecule has 0 saturated heterocycles. The summed E-state index contributed by atoms with van der Waals surface area (Å²) in [6, 6.07) is 11.7. The number of carbonyl (C=O) groups excluding carboxylic acids is 1. The minimum atomic E-state index is -1.12. The number of aromatic nitrogens is 1. The van der Waals surface area contributed by atoms with E-state index in [-0.39, 0.29) is 10.6 Å². The Morgan fingerprint density at radius 3 is 2.67 bits per heavy atom. The van der Waals surface area contributed by atoms with Gasteiger partial charge in [0.15, 0.2) is 12.0 Å². The molecule has 27 heavy (non-hydrogen) atoms. The highest BCUT2D eigenvalue weighted by Crippen LogP contribution is 2.36. The van der Waals surface area contributed by atoms with Gasteiger partial charge in [0, 0.05) is 21.5 Å². The van der Waals surface area contributed by atoms with E-state index in [2.05, 4.69) is 10.3 Å². The summed E-state index contributed by atoms with van der Waals surface area (Å²) < 4.78 is 5.20. The van der Waals surface area contributed by atoms with Gasteiger partial charge in [-0.3, -0.25) is 4.79 Å². The number of amides is 1. The lowest BCUT2D eigenvalue weighted by atomic mass is 10.0. The molecule has 2 heterocycles. The van der Waals surface area contributed by atoms with Gasteiger partial charge >= 0.3 is 5.97 Å². The molecular weight excluding hydrogens is 388 g/mol. The third-order valence-electron chi connectivity index (χ3n) is 3.98. The number of benzene rings is 2. The number of carbonyl (C=O) groups is 2. The lowest BCUT2D eigenvalue weighted by molar-refractivity contribution is 0.0699. The van der Waals surface area contributed by atoms with Gasteiger partial charge in [-0.05, 0) is 35.9 Å². The zero-order valence-corrected chi connectivity index (χ0v) is 15.2. The number of halogens is 1. The summed E-state index contributed by atoms with van der Waals surface area (Å²) in [5.41, 5.74) is 2.73.